The molecule has 1 aromatic heterocycles. The second-order valence-corrected chi connectivity index (χ2v) is 13.5. The van der Waals surface area contributed by atoms with Crippen LogP contribution < -0.4 is 16.0 Å². The molecule has 9 rings (SSSR count). The molecule has 0 bridgehead atoms. The van der Waals surface area contributed by atoms with Gasteiger partial charge in [0.1, 0.15) is 6.17 Å². The van der Waals surface area contributed by atoms with Crippen molar-refractivity contribution in [3.63, 3.8) is 0 Å². The van der Waals surface area contributed by atoms with Crippen LogP contribution in [0.25, 0.3) is 67.5 Å². The molecule has 1 unspecified atom stereocenters. The van der Waals surface area contributed by atoms with Crippen LogP contribution in [0.4, 0.5) is 22.7 Å². The number of benzene rings is 7. The van der Waals surface area contributed by atoms with E-state index in [-0.39, 0.29) is 6.17 Å². The lowest BCUT2D eigenvalue weighted by molar-refractivity contribution is 0.728. The molecular weight excluding hydrogens is 661 g/mol. The van der Waals surface area contributed by atoms with Gasteiger partial charge in [0.05, 0.1) is 11.4 Å². The van der Waals surface area contributed by atoms with Crippen molar-refractivity contribution in [1.82, 2.24) is 15.0 Å². The Labute approximate surface area is 315 Å². The second-order valence-electron chi connectivity index (χ2n) is 13.5. The van der Waals surface area contributed by atoms with Crippen molar-refractivity contribution in [1.29, 1.82) is 0 Å². The lowest BCUT2D eigenvalue weighted by Gasteiger charge is -2.26. The monoisotopic (exact) mass is 698 g/mol. The first-order chi connectivity index (χ1) is 26.6. The number of aromatic nitrogens is 3. The molecule has 8 aromatic rings. The Balaban J connectivity index is 1.06. The summed E-state index contributed by atoms with van der Waals surface area (Å²) in [5, 5.41) is 3.67. The molecule has 0 aliphatic carbocycles. The summed E-state index contributed by atoms with van der Waals surface area (Å²) < 4.78 is 0. The van der Waals surface area contributed by atoms with Crippen molar-refractivity contribution >= 4 is 22.7 Å². The van der Waals surface area contributed by atoms with Crippen LogP contribution in [0.2, 0.25) is 0 Å². The minimum Gasteiger partial charge on any atom is -0.398 e. The van der Waals surface area contributed by atoms with Gasteiger partial charge >= 0.3 is 0 Å². The van der Waals surface area contributed by atoms with Gasteiger partial charge in [-0.2, -0.15) is 0 Å². The molecule has 54 heavy (non-hydrogen) atoms. The summed E-state index contributed by atoms with van der Waals surface area (Å²) in [5.41, 5.74) is 20.1. The molecule has 7 aromatic carbocycles. The maximum absolute atomic E-state index is 6.68. The van der Waals surface area contributed by atoms with Gasteiger partial charge in [0.2, 0.25) is 0 Å². The smallest absolute Gasteiger partial charge is 0.164 e. The Kier molecular flexibility index (Phi) is 8.61. The molecule has 0 radical (unpaired) electrons. The van der Waals surface area contributed by atoms with Gasteiger partial charge in [-0.3, -0.25) is 0 Å². The zero-order chi connectivity index (χ0) is 36.4. The highest BCUT2D eigenvalue weighted by Crippen LogP contribution is 2.42. The number of nitrogens with zero attached hydrogens (tertiary/aromatic N) is 4. The van der Waals surface area contributed by atoms with Crippen LogP contribution in [0, 0.1) is 0 Å². The third-order valence-corrected chi connectivity index (χ3v) is 10.1. The third kappa shape index (κ3) is 6.24. The van der Waals surface area contributed by atoms with Gasteiger partial charge in [-0.25, -0.2) is 15.0 Å². The van der Waals surface area contributed by atoms with Crippen LogP contribution in [0.3, 0.4) is 0 Å². The van der Waals surface area contributed by atoms with Crippen LogP contribution in [-0.4, -0.2) is 21.1 Å². The summed E-state index contributed by atoms with van der Waals surface area (Å²) in [6.07, 6.45) is 1.19. The number of para-hydroxylation sites is 2. The Morgan fingerprint density at radius 3 is 1.76 bits per heavy atom. The summed E-state index contributed by atoms with van der Waals surface area (Å²) in [7, 11) is 0. The molecule has 260 valence electrons. The average molecular weight is 699 g/mol. The Morgan fingerprint density at radius 1 is 0.481 bits per heavy atom. The summed E-state index contributed by atoms with van der Waals surface area (Å²) in [5.74, 6) is 1.87. The number of hydrogen-bond donors (Lipinski definition) is 2. The van der Waals surface area contributed by atoms with Gasteiger partial charge in [0, 0.05) is 33.6 Å². The fourth-order valence-corrected chi connectivity index (χ4v) is 7.33. The molecule has 0 saturated carbocycles. The second kappa shape index (κ2) is 14.2. The topological polar surface area (TPSA) is 80.0 Å². The van der Waals surface area contributed by atoms with E-state index in [0.717, 1.165) is 62.2 Å². The van der Waals surface area contributed by atoms with Gasteiger partial charge in [-0.15, -0.1) is 0 Å². The standard InChI is InChI=1S/C48H38N6/c1-2-45-50-43-22-11-12-23-44(43)54(45)38-19-13-18-36(30-38)32-24-26-33(27-25-32)41-31-37(28-29-42(41)49)39-20-9-10-21-40(39)48-52-46(34-14-5-3-6-15-34)51-47(53-48)35-16-7-4-8-17-35/h3-31,45,50H,2,49H2,1H3. The molecule has 6 nitrogen and oxygen atoms in total. The highest BCUT2D eigenvalue weighted by molar-refractivity contribution is 5.88. The number of hydrogen-bond acceptors (Lipinski definition) is 6. The van der Waals surface area contributed by atoms with Crippen molar-refractivity contribution < 1.29 is 0 Å². The number of nitrogens with two attached hydrogens (primary N) is 1. The number of fused-ring (bicyclic) bond motifs is 1. The van der Waals surface area contributed by atoms with Crippen molar-refractivity contribution in [2.24, 2.45) is 0 Å². The van der Waals surface area contributed by atoms with E-state index in [1.165, 1.54) is 17.1 Å². The molecule has 0 spiro atoms. The largest absolute Gasteiger partial charge is 0.398 e. The molecule has 1 aliphatic heterocycles. The van der Waals surface area contributed by atoms with E-state index >= 15 is 0 Å². The fraction of sp³-hybridized carbons (Fsp3) is 0.0625. The highest BCUT2D eigenvalue weighted by Gasteiger charge is 2.28. The summed E-state index contributed by atoms with van der Waals surface area (Å²) in [4.78, 5) is 17.3. The number of anilines is 4. The highest BCUT2D eigenvalue weighted by atomic mass is 15.3. The summed E-state index contributed by atoms with van der Waals surface area (Å²) >= 11 is 0. The van der Waals surface area contributed by atoms with Crippen molar-refractivity contribution in [3.8, 4) is 67.5 Å². The van der Waals surface area contributed by atoms with Gasteiger partial charge in [-0.05, 0) is 70.6 Å². The van der Waals surface area contributed by atoms with E-state index in [4.69, 9.17) is 20.7 Å². The number of nitrogen functional groups attached to an aromatic ring is 1. The Morgan fingerprint density at radius 2 is 1.06 bits per heavy atom. The molecule has 2 heterocycles. The minimum absolute atomic E-state index is 0.211. The third-order valence-electron chi connectivity index (χ3n) is 10.1. The van der Waals surface area contributed by atoms with E-state index in [0.29, 0.717) is 17.5 Å². The zero-order valence-corrected chi connectivity index (χ0v) is 29.9. The first-order valence-corrected chi connectivity index (χ1v) is 18.3. The maximum atomic E-state index is 6.68. The minimum atomic E-state index is 0.211. The van der Waals surface area contributed by atoms with E-state index in [1.54, 1.807) is 0 Å². The fourth-order valence-electron chi connectivity index (χ4n) is 7.33. The lowest BCUT2D eigenvalue weighted by Crippen LogP contribution is -2.30. The Hall–Kier alpha value is -7.05. The van der Waals surface area contributed by atoms with Gasteiger partial charge in [0.15, 0.2) is 17.5 Å². The van der Waals surface area contributed by atoms with Crippen molar-refractivity contribution in [2.45, 2.75) is 19.5 Å². The summed E-state index contributed by atoms with van der Waals surface area (Å²) in [6.45, 7) is 2.22. The molecule has 6 heteroatoms. The number of rotatable bonds is 8. The van der Waals surface area contributed by atoms with Crippen molar-refractivity contribution in [3.05, 3.63) is 176 Å². The van der Waals surface area contributed by atoms with E-state index in [2.05, 4.69) is 120 Å². The lowest BCUT2D eigenvalue weighted by atomic mass is 9.93. The van der Waals surface area contributed by atoms with Gasteiger partial charge in [-0.1, -0.05) is 146 Å². The van der Waals surface area contributed by atoms with E-state index in [1.807, 2.05) is 72.8 Å². The van der Waals surface area contributed by atoms with Crippen LogP contribution >= 0.6 is 0 Å². The molecule has 3 N–H and O–H groups in total. The average Bonchev–Trinajstić information content (AvgIpc) is 3.63. The molecule has 1 atom stereocenters. The first-order valence-electron chi connectivity index (χ1n) is 18.3. The Bertz CT molecular complexity index is 2530. The predicted octanol–water partition coefficient (Wildman–Crippen LogP) is 11.8. The van der Waals surface area contributed by atoms with E-state index < -0.39 is 0 Å². The normalized spacial score (nSPS) is 13.4. The first kappa shape index (κ1) is 32.8. The van der Waals surface area contributed by atoms with Crippen LogP contribution in [0.1, 0.15) is 13.3 Å². The van der Waals surface area contributed by atoms with Crippen LogP contribution in [0.15, 0.2) is 176 Å². The van der Waals surface area contributed by atoms with E-state index in [9.17, 15) is 0 Å². The van der Waals surface area contributed by atoms with Crippen molar-refractivity contribution in [2.75, 3.05) is 16.0 Å². The molecular formula is C48H38N6. The summed E-state index contributed by atoms with van der Waals surface area (Å²) in [6, 6.07) is 60.6. The van der Waals surface area contributed by atoms with Crippen LogP contribution in [-0.2, 0) is 0 Å². The predicted molar refractivity (Wildman–Crippen MR) is 223 cm³/mol. The molecule has 1 aliphatic rings. The molecule has 0 fully saturated rings. The SMILES string of the molecule is CCC1Nc2ccccc2N1c1cccc(-c2ccc(-c3cc(-c4ccccc4-c4nc(-c5ccccc5)nc(-c5ccccc5)n4)ccc3N)cc2)c1. The molecule has 0 amide bonds. The number of nitrogens with one attached hydrogen (secondary N) is 1. The zero-order valence-electron chi connectivity index (χ0n) is 29.9. The van der Waals surface area contributed by atoms with Gasteiger partial charge < -0.3 is 16.0 Å². The van der Waals surface area contributed by atoms with Gasteiger partial charge in [0.25, 0.3) is 0 Å². The van der Waals surface area contributed by atoms with Crippen LogP contribution in [0.5, 0.6) is 0 Å². The quantitative estimate of drug-likeness (QED) is 0.154. The maximum Gasteiger partial charge on any atom is 0.164 e. The molecule has 0 saturated heterocycles.